The third kappa shape index (κ3) is 9.33. The maximum atomic E-state index is 12.2. The minimum atomic E-state index is -1.23. The van der Waals surface area contributed by atoms with Crippen LogP contribution in [-0.2, 0) is 34.4 Å². The Bertz CT molecular complexity index is 1150. The highest BCUT2D eigenvalue weighted by Gasteiger charge is 2.17. The third-order valence-corrected chi connectivity index (χ3v) is 9.55. The largest absolute Gasteiger partial charge is 0.253 e. The molecule has 0 heterocycles. The van der Waals surface area contributed by atoms with E-state index in [0.717, 1.165) is 11.1 Å². The van der Waals surface area contributed by atoms with Crippen LogP contribution in [0, 0.1) is 0 Å². The molecule has 0 saturated heterocycles. The lowest BCUT2D eigenvalue weighted by molar-refractivity contribution is 0.679. The molecule has 0 radical (unpaired) electrons. The molecule has 0 N–H and O–H groups in total. The first kappa shape index (κ1) is 28.9. The highest BCUT2D eigenvalue weighted by molar-refractivity contribution is 7.87. The monoisotopic (exact) mass is 596 g/mol. The van der Waals surface area contributed by atoms with E-state index in [1.54, 1.807) is 48.5 Å². The van der Waals surface area contributed by atoms with E-state index in [1.165, 1.54) is 0 Å². The number of alkyl halides is 2. The van der Waals surface area contributed by atoms with Crippen LogP contribution in [0.4, 0.5) is 0 Å². The van der Waals surface area contributed by atoms with E-state index < -0.39 is 31.0 Å². The molecule has 0 saturated carbocycles. The highest BCUT2D eigenvalue weighted by Crippen LogP contribution is 2.21. The Balaban J connectivity index is 0.000000201. The zero-order valence-electron chi connectivity index (χ0n) is 19.1. The smallest absolute Gasteiger partial charge is 0.117 e. The Morgan fingerprint density at radius 2 is 0.806 bits per heavy atom. The number of halogens is 4. The molecule has 4 rings (SSSR count). The molecule has 0 spiro atoms. The molecule has 188 valence electrons. The van der Waals surface area contributed by atoms with E-state index in [2.05, 4.69) is 0 Å². The molecule has 8 heteroatoms. The summed E-state index contributed by atoms with van der Waals surface area (Å²) in [7, 11) is -2.46. The van der Waals surface area contributed by atoms with Crippen molar-refractivity contribution in [2.75, 3.05) is 0 Å². The van der Waals surface area contributed by atoms with Gasteiger partial charge in [-0.05, 0) is 59.7 Å². The van der Waals surface area contributed by atoms with Gasteiger partial charge in [0.25, 0.3) is 0 Å². The van der Waals surface area contributed by atoms with Crippen molar-refractivity contribution in [3.8, 4) is 0 Å². The van der Waals surface area contributed by atoms with E-state index in [9.17, 15) is 8.42 Å². The van der Waals surface area contributed by atoms with Crippen molar-refractivity contribution in [3.05, 3.63) is 130 Å². The Morgan fingerprint density at radius 1 is 0.500 bits per heavy atom. The Labute approximate surface area is 237 Å². The molecule has 4 aromatic carbocycles. The first-order valence-electron chi connectivity index (χ1n) is 11.0. The topological polar surface area (TPSA) is 34.1 Å². The highest BCUT2D eigenvalue weighted by atomic mass is 35.5. The van der Waals surface area contributed by atoms with E-state index in [1.807, 2.05) is 60.7 Å². The molecular formula is C28H24Cl4O2S2. The molecule has 4 atom stereocenters. The molecule has 0 unspecified atom stereocenters. The van der Waals surface area contributed by atoms with Crippen LogP contribution in [0.5, 0.6) is 0 Å². The van der Waals surface area contributed by atoms with Gasteiger partial charge in [-0.3, -0.25) is 8.42 Å². The molecule has 4 aromatic rings. The summed E-state index contributed by atoms with van der Waals surface area (Å²) in [6, 6.07) is 33.5. The van der Waals surface area contributed by atoms with Crippen LogP contribution in [0.25, 0.3) is 0 Å². The van der Waals surface area contributed by atoms with Crippen molar-refractivity contribution in [1.82, 2.24) is 0 Å². The first-order chi connectivity index (χ1) is 17.3. The summed E-state index contributed by atoms with van der Waals surface area (Å²) in [5, 5.41) is 1.26. The van der Waals surface area contributed by atoms with Crippen LogP contribution >= 0.6 is 46.4 Å². The summed E-state index contributed by atoms with van der Waals surface area (Å²) in [5.74, 6) is 0. The second-order valence-corrected chi connectivity index (χ2v) is 13.4. The first-order valence-corrected chi connectivity index (χ1v) is 15.1. The summed E-state index contributed by atoms with van der Waals surface area (Å²) in [6.45, 7) is 0. The van der Waals surface area contributed by atoms with Crippen LogP contribution in [-0.4, -0.2) is 17.8 Å². The van der Waals surface area contributed by atoms with E-state index in [4.69, 9.17) is 46.4 Å². The zero-order valence-corrected chi connectivity index (χ0v) is 23.8. The van der Waals surface area contributed by atoms with E-state index in [0.29, 0.717) is 32.7 Å². The van der Waals surface area contributed by atoms with Crippen molar-refractivity contribution in [1.29, 1.82) is 0 Å². The van der Waals surface area contributed by atoms with Gasteiger partial charge in [-0.2, -0.15) is 0 Å². The maximum Gasteiger partial charge on any atom is 0.117 e. The van der Waals surface area contributed by atoms with Gasteiger partial charge in [-0.25, -0.2) is 0 Å². The van der Waals surface area contributed by atoms with Gasteiger partial charge < -0.3 is 0 Å². The quantitative estimate of drug-likeness (QED) is 0.191. The minimum Gasteiger partial charge on any atom is -0.253 e. The lowest BCUT2D eigenvalue weighted by Crippen LogP contribution is -2.11. The van der Waals surface area contributed by atoms with Crippen LogP contribution in [0.15, 0.2) is 119 Å². The number of hydrogen-bond donors (Lipinski definition) is 0. The van der Waals surface area contributed by atoms with Crippen LogP contribution in [0.2, 0.25) is 10.0 Å². The third-order valence-electron chi connectivity index (χ3n) is 5.03. The maximum absolute atomic E-state index is 12.2. The number of rotatable bonds is 8. The molecule has 0 aromatic heterocycles. The van der Waals surface area contributed by atoms with Gasteiger partial charge in [0.15, 0.2) is 0 Å². The molecule has 0 aliphatic heterocycles. The molecule has 0 fully saturated rings. The molecular weight excluding hydrogens is 574 g/mol. The van der Waals surface area contributed by atoms with Gasteiger partial charge >= 0.3 is 0 Å². The predicted octanol–water partition coefficient (Wildman–Crippen LogP) is 8.51. The average molecular weight is 598 g/mol. The van der Waals surface area contributed by atoms with Gasteiger partial charge in [0.05, 0.1) is 21.6 Å². The lowest BCUT2D eigenvalue weighted by atomic mass is 10.2. The summed E-state index contributed by atoms with van der Waals surface area (Å²) in [6.07, 6.45) is 1.16. The predicted molar refractivity (Wildman–Crippen MR) is 155 cm³/mol. The molecule has 0 bridgehead atoms. The standard InChI is InChI=1S/2C14H12Cl2OS/c2*15-12-6-8-13(9-7-12)18(17)14(16)10-11-4-2-1-3-5-11/h2*1-9,14H,10H2/t2*14-,18+/m00/s1. The summed E-state index contributed by atoms with van der Waals surface area (Å²) in [5.41, 5.74) is 2.17. The second-order valence-electron chi connectivity index (χ2n) is 7.70. The Morgan fingerprint density at radius 3 is 1.11 bits per heavy atom. The SMILES string of the molecule is O=[S@](c1ccc(Cl)cc1)[C@H](Cl)Cc1ccccc1.O=[S@](c1ccc(Cl)cc1)[C@H](Cl)Cc1ccccc1. The van der Waals surface area contributed by atoms with Gasteiger partial charge in [0.2, 0.25) is 0 Å². The molecule has 0 aliphatic carbocycles. The van der Waals surface area contributed by atoms with Gasteiger partial charge in [-0.1, -0.05) is 83.9 Å². The Kier molecular flexibility index (Phi) is 12.0. The van der Waals surface area contributed by atoms with E-state index >= 15 is 0 Å². The molecule has 0 aliphatic rings. The van der Waals surface area contributed by atoms with Crippen LogP contribution < -0.4 is 0 Å². The summed E-state index contributed by atoms with van der Waals surface area (Å²) in [4.78, 5) is 1.41. The van der Waals surface area contributed by atoms with Crippen LogP contribution in [0.1, 0.15) is 11.1 Å². The van der Waals surface area contributed by atoms with Crippen molar-refractivity contribution in [2.24, 2.45) is 0 Å². The fourth-order valence-electron chi connectivity index (χ4n) is 3.18. The van der Waals surface area contributed by atoms with Crippen molar-refractivity contribution in [3.63, 3.8) is 0 Å². The van der Waals surface area contributed by atoms with Gasteiger partial charge in [0.1, 0.15) is 9.42 Å². The molecule has 0 amide bonds. The van der Waals surface area contributed by atoms with Crippen LogP contribution in [0.3, 0.4) is 0 Å². The average Bonchev–Trinajstić information content (AvgIpc) is 2.90. The second kappa shape index (κ2) is 14.9. The van der Waals surface area contributed by atoms with E-state index in [-0.39, 0.29) is 0 Å². The van der Waals surface area contributed by atoms with Crippen molar-refractivity contribution in [2.45, 2.75) is 32.1 Å². The summed E-state index contributed by atoms with van der Waals surface area (Å²) >= 11 is 24.0. The van der Waals surface area contributed by atoms with Gasteiger partial charge in [0, 0.05) is 32.7 Å². The normalized spacial score (nSPS) is 14.1. The fraction of sp³-hybridized carbons (Fsp3) is 0.143. The molecule has 36 heavy (non-hydrogen) atoms. The lowest BCUT2D eigenvalue weighted by Gasteiger charge is -2.09. The zero-order chi connectivity index (χ0) is 25.9. The summed E-state index contributed by atoms with van der Waals surface area (Å²) < 4.78 is 23.5. The molecule has 2 nitrogen and oxygen atoms in total. The Hall–Kier alpha value is -1.66. The minimum absolute atomic E-state index is 0.437. The van der Waals surface area contributed by atoms with Gasteiger partial charge in [-0.15, -0.1) is 23.2 Å². The fourth-order valence-corrected chi connectivity index (χ4v) is 6.50. The number of hydrogen-bond acceptors (Lipinski definition) is 2. The number of benzene rings is 4. The van der Waals surface area contributed by atoms with Crippen molar-refractivity contribution < 1.29 is 8.42 Å². The van der Waals surface area contributed by atoms with Crippen molar-refractivity contribution >= 4 is 68.0 Å².